The highest BCUT2D eigenvalue weighted by Gasteiger charge is 2.43. The highest BCUT2D eigenvalue weighted by Crippen LogP contribution is 2.44. The fourth-order valence-corrected chi connectivity index (χ4v) is 3.41. The minimum atomic E-state index is -0.176. The summed E-state index contributed by atoms with van der Waals surface area (Å²) in [5.41, 5.74) is 2.93. The van der Waals surface area contributed by atoms with E-state index in [4.69, 9.17) is 4.52 Å². The van der Waals surface area contributed by atoms with Gasteiger partial charge in [-0.2, -0.15) is 10.1 Å². The summed E-state index contributed by atoms with van der Waals surface area (Å²) in [5, 5.41) is 8.41. The summed E-state index contributed by atoms with van der Waals surface area (Å²) in [5.74, 6) is 0.923. The monoisotopic (exact) mass is 337 g/mol. The normalized spacial score (nSPS) is 20.4. The van der Waals surface area contributed by atoms with Gasteiger partial charge in [0.1, 0.15) is 0 Å². The van der Waals surface area contributed by atoms with E-state index in [1.165, 1.54) is 0 Å². The van der Waals surface area contributed by atoms with Crippen LogP contribution in [0.1, 0.15) is 35.5 Å². The number of hydrogen-bond donors (Lipinski definition) is 0. The van der Waals surface area contributed by atoms with Crippen molar-refractivity contribution in [1.82, 2.24) is 24.8 Å². The van der Waals surface area contributed by atoms with Crippen LogP contribution in [0.25, 0.3) is 11.4 Å². The highest BCUT2D eigenvalue weighted by atomic mass is 16.5. The van der Waals surface area contributed by atoms with Crippen molar-refractivity contribution in [1.29, 1.82) is 0 Å². The average Bonchev–Trinajstić information content (AvgIpc) is 3.30. The summed E-state index contributed by atoms with van der Waals surface area (Å²) in [6.07, 6.45) is 2.17. The summed E-state index contributed by atoms with van der Waals surface area (Å²) < 4.78 is 7.34. The summed E-state index contributed by atoms with van der Waals surface area (Å²) in [6, 6.07) is 9.52. The molecule has 2 aromatic heterocycles. The molecular weight excluding hydrogens is 318 g/mol. The predicted octanol–water partition coefficient (Wildman–Crippen LogP) is 2.47. The van der Waals surface area contributed by atoms with Crippen molar-refractivity contribution in [3.8, 4) is 11.4 Å². The number of benzene rings is 1. The molecule has 25 heavy (non-hydrogen) atoms. The van der Waals surface area contributed by atoms with Gasteiger partial charge in [0.25, 0.3) is 0 Å². The Labute approximate surface area is 145 Å². The fourth-order valence-electron chi connectivity index (χ4n) is 3.41. The minimum absolute atomic E-state index is 0.0673. The van der Waals surface area contributed by atoms with Crippen LogP contribution < -0.4 is 0 Å². The van der Waals surface area contributed by atoms with E-state index in [9.17, 15) is 4.79 Å². The quantitative estimate of drug-likeness (QED) is 0.734. The Bertz CT molecular complexity index is 915. The molecule has 1 aliphatic rings. The van der Waals surface area contributed by atoms with Gasteiger partial charge in [-0.25, -0.2) is 0 Å². The second kappa shape index (κ2) is 5.84. The molecule has 2 unspecified atom stereocenters. The lowest BCUT2D eigenvalue weighted by atomic mass is 9.94. The molecule has 0 bridgehead atoms. The number of nitrogens with zero attached hydrogens (tertiary/aromatic N) is 5. The number of amides is 1. The molecule has 128 valence electrons. The number of aryl methyl sites for hydroxylation is 1. The van der Waals surface area contributed by atoms with E-state index < -0.39 is 0 Å². The first-order chi connectivity index (χ1) is 12.1. The van der Waals surface area contributed by atoms with Gasteiger partial charge in [-0.15, -0.1) is 0 Å². The van der Waals surface area contributed by atoms with Crippen LogP contribution >= 0.6 is 0 Å². The largest absolute Gasteiger partial charge is 0.339 e. The van der Waals surface area contributed by atoms with Crippen LogP contribution in [0.2, 0.25) is 0 Å². The zero-order valence-electron chi connectivity index (χ0n) is 14.4. The summed E-state index contributed by atoms with van der Waals surface area (Å²) in [7, 11) is 3.71. The maximum absolute atomic E-state index is 12.3. The lowest BCUT2D eigenvalue weighted by Crippen LogP contribution is -2.24. The van der Waals surface area contributed by atoms with Gasteiger partial charge in [-0.05, 0) is 6.92 Å². The van der Waals surface area contributed by atoms with Crippen LogP contribution in [0.15, 0.2) is 41.1 Å². The number of likely N-dealkylation sites (N-methyl/N-ethyl adjacent to an activating group) is 1. The van der Waals surface area contributed by atoms with Crippen molar-refractivity contribution in [2.75, 3.05) is 7.05 Å². The van der Waals surface area contributed by atoms with Crippen molar-refractivity contribution < 1.29 is 9.32 Å². The van der Waals surface area contributed by atoms with Crippen molar-refractivity contribution >= 4 is 5.91 Å². The third-order valence-electron chi connectivity index (χ3n) is 4.97. The molecule has 7 heteroatoms. The Morgan fingerprint density at radius 2 is 1.96 bits per heavy atom. The Balaban J connectivity index is 1.72. The van der Waals surface area contributed by atoms with E-state index in [0.29, 0.717) is 18.1 Å². The molecule has 0 spiro atoms. The first-order valence-corrected chi connectivity index (χ1v) is 8.19. The highest BCUT2D eigenvalue weighted by molar-refractivity contribution is 5.80. The van der Waals surface area contributed by atoms with Gasteiger partial charge < -0.3 is 9.42 Å². The molecule has 0 N–H and O–H groups in total. The van der Waals surface area contributed by atoms with Crippen molar-refractivity contribution in [3.63, 3.8) is 0 Å². The second-order valence-electron chi connectivity index (χ2n) is 6.39. The maximum Gasteiger partial charge on any atom is 0.233 e. The molecule has 4 rings (SSSR count). The van der Waals surface area contributed by atoms with E-state index in [0.717, 1.165) is 16.8 Å². The van der Waals surface area contributed by atoms with Crippen LogP contribution in [-0.2, 0) is 11.8 Å². The Hall–Kier alpha value is -2.96. The van der Waals surface area contributed by atoms with Gasteiger partial charge in [0.05, 0.1) is 18.2 Å². The third kappa shape index (κ3) is 2.52. The average molecular weight is 337 g/mol. The summed E-state index contributed by atoms with van der Waals surface area (Å²) >= 11 is 0. The standard InChI is InChI=1S/C18H19N5O2/c1-11-14(10-19-23(11)3)16-13(9-15(24)22(16)2)18-20-17(21-25-18)12-7-5-4-6-8-12/h4-8,10,13,16H,9H2,1-3H3. The molecule has 1 amide bonds. The van der Waals surface area contributed by atoms with Crippen molar-refractivity contribution in [2.45, 2.75) is 25.3 Å². The van der Waals surface area contributed by atoms with Crippen LogP contribution in [0, 0.1) is 6.92 Å². The molecule has 3 heterocycles. The van der Waals surface area contributed by atoms with E-state index in [1.54, 1.807) is 4.90 Å². The smallest absolute Gasteiger partial charge is 0.233 e. The number of aromatic nitrogens is 4. The van der Waals surface area contributed by atoms with E-state index in [-0.39, 0.29) is 17.9 Å². The topological polar surface area (TPSA) is 77.1 Å². The molecule has 7 nitrogen and oxygen atoms in total. The Kier molecular flexibility index (Phi) is 3.63. The van der Waals surface area contributed by atoms with Gasteiger partial charge in [0.15, 0.2) is 0 Å². The second-order valence-corrected chi connectivity index (χ2v) is 6.39. The lowest BCUT2D eigenvalue weighted by molar-refractivity contribution is -0.127. The van der Waals surface area contributed by atoms with Crippen LogP contribution in [-0.4, -0.2) is 37.8 Å². The maximum atomic E-state index is 12.3. The summed E-state index contributed by atoms with van der Waals surface area (Å²) in [6.45, 7) is 2.00. The predicted molar refractivity (Wildman–Crippen MR) is 90.5 cm³/mol. The summed E-state index contributed by atoms with van der Waals surface area (Å²) in [4.78, 5) is 18.7. The number of hydrogen-bond acceptors (Lipinski definition) is 5. The van der Waals surface area contributed by atoms with Gasteiger partial charge in [0.2, 0.25) is 17.6 Å². The Morgan fingerprint density at radius 3 is 2.64 bits per heavy atom. The van der Waals surface area contributed by atoms with Crippen molar-refractivity contribution in [3.05, 3.63) is 53.7 Å². The molecule has 1 aliphatic heterocycles. The number of rotatable bonds is 3. The van der Waals surface area contributed by atoms with Gasteiger partial charge in [-0.1, -0.05) is 35.5 Å². The first kappa shape index (κ1) is 15.6. The van der Waals surface area contributed by atoms with Gasteiger partial charge in [0, 0.05) is 37.3 Å². The molecule has 0 aliphatic carbocycles. The number of likely N-dealkylation sites (tertiary alicyclic amines) is 1. The van der Waals surface area contributed by atoms with E-state index >= 15 is 0 Å². The SMILES string of the molecule is Cc1c(C2C(c3nc(-c4ccccc4)no3)CC(=O)N2C)cnn1C. The first-order valence-electron chi connectivity index (χ1n) is 8.19. The van der Waals surface area contributed by atoms with E-state index in [1.807, 2.05) is 62.2 Å². The molecule has 1 aromatic carbocycles. The zero-order chi connectivity index (χ0) is 17.6. The van der Waals surface area contributed by atoms with Gasteiger partial charge >= 0.3 is 0 Å². The number of carbonyl (C=O) groups is 1. The zero-order valence-corrected chi connectivity index (χ0v) is 14.4. The third-order valence-corrected chi connectivity index (χ3v) is 4.97. The molecular formula is C18H19N5O2. The molecule has 1 saturated heterocycles. The fraction of sp³-hybridized carbons (Fsp3) is 0.333. The van der Waals surface area contributed by atoms with Crippen LogP contribution in [0.4, 0.5) is 0 Å². The molecule has 3 aromatic rings. The molecule has 0 saturated carbocycles. The van der Waals surface area contributed by atoms with Crippen molar-refractivity contribution in [2.24, 2.45) is 7.05 Å². The van der Waals surface area contributed by atoms with Gasteiger partial charge in [-0.3, -0.25) is 9.48 Å². The lowest BCUT2D eigenvalue weighted by Gasteiger charge is -2.23. The molecule has 2 atom stereocenters. The Morgan fingerprint density at radius 1 is 1.20 bits per heavy atom. The van der Waals surface area contributed by atoms with Crippen LogP contribution in [0.3, 0.4) is 0 Å². The molecule has 0 radical (unpaired) electrons. The van der Waals surface area contributed by atoms with E-state index in [2.05, 4.69) is 15.2 Å². The minimum Gasteiger partial charge on any atom is -0.339 e. The van der Waals surface area contributed by atoms with Crippen LogP contribution in [0.5, 0.6) is 0 Å². The molecule has 1 fully saturated rings. The number of carbonyl (C=O) groups excluding carboxylic acids is 1.